The number of nitrogens with zero attached hydrogens (tertiary/aromatic N) is 3. The molecule has 0 saturated carbocycles. The fraction of sp³-hybridized carbons (Fsp3) is 0.400. The third-order valence-corrected chi connectivity index (χ3v) is 4.44. The second-order valence-electron chi connectivity index (χ2n) is 4.61. The van der Waals surface area contributed by atoms with Gasteiger partial charge < -0.3 is 10.0 Å². The second kappa shape index (κ2) is 7.28. The third-order valence-electron chi connectivity index (χ3n) is 3.34. The second-order valence-corrected chi connectivity index (χ2v) is 5.69. The summed E-state index contributed by atoms with van der Waals surface area (Å²) >= 11 is 1.26. The molecule has 0 saturated heterocycles. The Bertz CT molecular complexity index is 594. The minimum absolute atomic E-state index is 0.289. The van der Waals surface area contributed by atoms with Crippen LogP contribution in [0.4, 0.5) is 0 Å². The van der Waals surface area contributed by atoms with Crippen LogP contribution >= 0.6 is 11.3 Å². The molecule has 0 atom stereocenters. The number of thiazole rings is 1. The smallest absolute Gasteiger partial charge is 0.348 e. The van der Waals surface area contributed by atoms with Crippen molar-refractivity contribution < 1.29 is 9.90 Å². The largest absolute Gasteiger partial charge is 0.477 e. The van der Waals surface area contributed by atoms with E-state index in [0.29, 0.717) is 5.69 Å². The summed E-state index contributed by atoms with van der Waals surface area (Å²) in [7, 11) is 0. The van der Waals surface area contributed by atoms with Crippen LogP contribution in [0.1, 0.15) is 28.5 Å². The molecule has 2 aromatic rings. The van der Waals surface area contributed by atoms with E-state index in [4.69, 9.17) is 0 Å². The maximum Gasteiger partial charge on any atom is 0.348 e. The van der Waals surface area contributed by atoms with Crippen LogP contribution in [0.3, 0.4) is 0 Å². The molecule has 0 aromatic carbocycles. The van der Waals surface area contributed by atoms with Crippen molar-refractivity contribution in [2.24, 2.45) is 0 Å². The number of likely N-dealkylation sites (N-methyl/N-ethyl adjacent to an activating group) is 1. The number of aromatic nitrogens is 2. The van der Waals surface area contributed by atoms with E-state index < -0.39 is 5.97 Å². The van der Waals surface area contributed by atoms with E-state index in [9.17, 15) is 9.90 Å². The molecular formula is C15H19N3O2S. The molecular weight excluding hydrogens is 286 g/mol. The summed E-state index contributed by atoms with van der Waals surface area (Å²) in [5, 5.41) is 10.2. The van der Waals surface area contributed by atoms with E-state index >= 15 is 0 Å². The van der Waals surface area contributed by atoms with Gasteiger partial charge >= 0.3 is 5.97 Å². The lowest BCUT2D eigenvalue weighted by atomic mass is 10.2. The first-order valence-electron chi connectivity index (χ1n) is 7.01. The number of carboxylic acids is 1. The Balaban J connectivity index is 2.24. The van der Waals surface area contributed by atoms with E-state index in [1.807, 2.05) is 6.07 Å². The Morgan fingerprint density at radius 1 is 1.38 bits per heavy atom. The van der Waals surface area contributed by atoms with Crippen molar-refractivity contribution in [2.75, 3.05) is 19.6 Å². The summed E-state index contributed by atoms with van der Waals surface area (Å²) in [5.74, 6) is -0.930. The number of pyridine rings is 1. The lowest BCUT2D eigenvalue weighted by Crippen LogP contribution is -2.25. The van der Waals surface area contributed by atoms with Crippen LogP contribution in [0, 0.1) is 0 Å². The maximum atomic E-state index is 11.4. The Morgan fingerprint density at radius 2 is 2.14 bits per heavy atom. The molecule has 0 spiro atoms. The summed E-state index contributed by atoms with van der Waals surface area (Å²) in [6, 6.07) is 3.62. The predicted molar refractivity (Wildman–Crippen MR) is 83.8 cm³/mol. The first-order chi connectivity index (χ1) is 10.2. The van der Waals surface area contributed by atoms with Gasteiger partial charge in [0.25, 0.3) is 0 Å². The Morgan fingerprint density at radius 3 is 2.71 bits per heavy atom. The van der Waals surface area contributed by atoms with E-state index in [-0.39, 0.29) is 4.88 Å². The number of hydrogen-bond acceptors (Lipinski definition) is 5. The van der Waals surface area contributed by atoms with Crippen LogP contribution in [0.5, 0.6) is 0 Å². The lowest BCUT2D eigenvalue weighted by molar-refractivity contribution is 0.0702. The van der Waals surface area contributed by atoms with Crippen molar-refractivity contribution in [3.8, 4) is 11.3 Å². The van der Waals surface area contributed by atoms with Gasteiger partial charge in [0.2, 0.25) is 0 Å². The van der Waals surface area contributed by atoms with E-state index in [1.165, 1.54) is 11.3 Å². The SMILES string of the molecule is CCN(CC)CCc1nc(-c2cccnc2)c(C(=O)O)s1. The van der Waals surface area contributed by atoms with Crippen LogP contribution in [0.2, 0.25) is 0 Å². The fourth-order valence-electron chi connectivity index (χ4n) is 2.11. The molecule has 0 aliphatic rings. The molecule has 2 aromatic heterocycles. The van der Waals surface area contributed by atoms with Crippen LogP contribution in [-0.2, 0) is 6.42 Å². The molecule has 2 rings (SSSR count). The van der Waals surface area contributed by atoms with E-state index in [1.54, 1.807) is 18.5 Å². The van der Waals surface area contributed by atoms with E-state index in [2.05, 4.69) is 28.7 Å². The standard InChI is InChI=1S/C15H19N3O2S/c1-3-18(4-2)9-7-12-17-13(14(21-12)15(19)20)11-6-5-8-16-10-11/h5-6,8,10H,3-4,7,9H2,1-2H3,(H,19,20). The molecule has 2 heterocycles. The summed E-state index contributed by atoms with van der Waals surface area (Å²) in [4.78, 5) is 22.5. The van der Waals surface area contributed by atoms with Crippen molar-refractivity contribution in [1.29, 1.82) is 0 Å². The maximum absolute atomic E-state index is 11.4. The molecule has 21 heavy (non-hydrogen) atoms. The minimum Gasteiger partial charge on any atom is -0.477 e. The highest BCUT2D eigenvalue weighted by Crippen LogP contribution is 2.28. The normalized spacial score (nSPS) is 11.0. The average Bonchev–Trinajstić information content (AvgIpc) is 2.94. The van der Waals surface area contributed by atoms with Crippen LogP contribution < -0.4 is 0 Å². The van der Waals surface area contributed by atoms with Crippen molar-refractivity contribution in [2.45, 2.75) is 20.3 Å². The Hall–Kier alpha value is -1.79. The van der Waals surface area contributed by atoms with Crippen molar-refractivity contribution >= 4 is 17.3 Å². The number of carboxylic acid groups (broad SMARTS) is 1. The molecule has 0 fully saturated rings. The van der Waals surface area contributed by atoms with Crippen molar-refractivity contribution in [3.05, 3.63) is 34.4 Å². The molecule has 0 amide bonds. The van der Waals surface area contributed by atoms with Gasteiger partial charge in [-0.2, -0.15) is 0 Å². The highest BCUT2D eigenvalue weighted by atomic mass is 32.1. The zero-order valence-corrected chi connectivity index (χ0v) is 13.1. The number of aromatic carboxylic acids is 1. The quantitative estimate of drug-likeness (QED) is 0.852. The van der Waals surface area contributed by atoms with Gasteiger partial charge in [-0.25, -0.2) is 9.78 Å². The van der Waals surface area contributed by atoms with Crippen molar-refractivity contribution in [3.63, 3.8) is 0 Å². The monoisotopic (exact) mass is 305 g/mol. The average molecular weight is 305 g/mol. The summed E-state index contributed by atoms with van der Waals surface area (Å²) in [5.41, 5.74) is 1.27. The third kappa shape index (κ3) is 3.86. The van der Waals surface area contributed by atoms with Crippen molar-refractivity contribution in [1.82, 2.24) is 14.9 Å². The van der Waals surface area contributed by atoms with Gasteiger partial charge in [0.15, 0.2) is 0 Å². The number of hydrogen-bond donors (Lipinski definition) is 1. The molecule has 0 unspecified atom stereocenters. The summed E-state index contributed by atoms with van der Waals surface area (Å²) < 4.78 is 0. The lowest BCUT2D eigenvalue weighted by Gasteiger charge is -2.16. The van der Waals surface area contributed by atoms with Gasteiger partial charge in [0.05, 0.1) is 10.7 Å². The molecule has 0 bridgehead atoms. The Kier molecular flexibility index (Phi) is 5.41. The first kappa shape index (κ1) is 15.6. The fourth-order valence-corrected chi connectivity index (χ4v) is 3.02. The first-order valence-corrected chi connectivity index (χ1v) is 7.83. The zero-order valence-electron chi connectivity index (χ0n) is 12.2. The molecule has 0 radical (unpaired) electrons. The van der Waals surface area contributed by atoms with Gasteiger partial charge in [0.1, 0.15) is 4.88 Å². The molecule has 0 aliphatic carbocycles. The summed E-state index contributed by atoms with van der Waals surface area (Å²) in [6.07, 6.45) is 4.08. The molecule has 6 heteroatoms. The molecule has 112 valence electrons. The van der Waals surface area contributed by atoms with Gasteiger partial charge in [-0.05, 0) is 25.2 Å². The molecule has 1 N–H and O–H groups in total. The topological polar surface area (TPSA) is 66.3 Å². The Labute approximate surface area is 128 Å². The van der Waals surface area contributed by atoms with E-state index in [0.717, 1.165) is 36.6 Å². The minimum atomic E-state index is -0.930. The number of rotatable bonds is 7. The van der Waals surface area contributed by atoms with Gasteiger partial charge in [-0.1, -0.05) is 13.8 Å². The highest BCUT2D eigenvalue weighted by Gasteiger charge is 2.19. The van der Waals surface area contributed by atoms with Crippen LogP contribution in [0.15, 0.2) is 24.5 Å². The van der Waals surface area contributed by atoms with Gasteiger partial charge in [0, 0.05) is 30.9 Å². The molecule has 0 aliphatic heterocycles. The van der Waals surface area contributed by atoms with Crippen LogP contribution in [-0.4, -0.2) is 45.6 Å². The zero-order chi connectivity index (χ0) is 15.2. The van der Waals surface area contributed by atoms with Crippen LogP contribution in [0.25, 0.3) is 11.3 Å². The van der Waals surface area contributed by atoms with Gasteiger partial charge in [-0.3, -0.25) is 4.98 Å². The highest BCUT2D eigenvalue weighted by molar-refractivity contribution is 7.14. The molecule has 5 nitrogen and oxygen atoms in total. The summed E-state index contributed by atoms with van der Waals surface area (Å²) in [6.45, 7) is 7.11. The predicted octanol–water partition coefficient (Wildman–Crippen LogP) is 2.79. The number of carbonyl (C=O) groups is 1. The van der Waals surface area contributed by atoms with Gasteiger partial charge in [-0.15, -0.1) is 11.3 Å².